The summed E-state index contributed by atoms with van der Waals surface area (Å²) in [4.78, 5) is 12.0. The van der Waals surface area contributed by atoms with Crippen molar-refractivity contribution in [3.63, 3.8) is 0 Å². The lowest BCUT2D eigenvalue weighted by Gasteiger charge is -2.21. The Hall–Kier alpha value is -2.29. The molecule has 3 heteroatoms. The molecule has 21 heavy (non-hydrogen) atoms. The molecule has 0 radical (unpaired) electrons. The van der Waals surface area contributed by atoms with Gasteiger partial charge >= 0.3 is 6.09 Å². The Kier molecular flexibility index (Phi) is 4.32. The Morgan fingerprint density at radius 3 is 2.29 bits per heavy atom. The maximum absolute atomic E-state index is 12.0. The van der Waals surface area contributed by atoms with Crippen LogP contribution in [0, 0.1) is 6.92 Å². The molecule has 0 spiro atoms. The number of hydrogen-bond acceptors (Lipinski definition) is 2. The SMILES string of the molecule is Cc1cccc(-c2ccccc2)c1NC(=O)OC(C)(C)C. The molecule has 0 aromatic heterocycles. The van der Waals surface area contributed by atoms with Gasteiger partial charge in [0.2, 0.25) is 0 Å². The fourth-order valence-electron chi connectivity index (χ4n) is 2.10. The number of nitrogens with one attached hydrogen (secondary N) is 1. The molecule has 1 amide bonds. The summed E-state index contributed by atoms with van der Waals surface area (Å²) in [5, 5.41) is 2.87. The Bertz CT molecular complexity index is 627. The summed E-state index contributed by atoms with van der Waals surface area (Å²) in [5.74, 6) is 0. The molecule has 0 atom stereocenters. The topological polar surface area (TPSA) is 38.3 Å². The molecule has 2 aromatic rings. The van der Waals surface area contributed by atoms with E-state index in [-0.39, 0.29) is 0 Å². The van der Waals surface area contributed by atoms with Crippen LogP contribution in [-0.4, -0.2) is 11.7 Å². The molecule has 0 heterocycles. The van der Waals surface area contributed by atoms with Gasteiger partial charge in [0, 0.05) is 5.56 Å². The summed E-state index contributed by atoms with van der Waals surface area (Å²) in [6.07, 6.45) is -0.436. The van der Waals surface area contributed by atoms with Crippen molar-refractivity contribution in [2.75, 3.05) is 5.32 Å². The van der Waals surface area contributed by atoms with Crippen LogP contribution in [0.4, 0.5) is 10.5 Å². The van der Waals surface area contributed by atoms with Crippen molar-refractivity contribution < 1.29 is 9.53 Å². The lowest BCUT2D eigenvalue weighted by molar-refractivity contribution is 0.0636. The second kappa shape index (κ2) is 6.00. The first-order valence-electron chi connectivity index (χ1n) is 7.02. The first kappa shape index (κ1) is 15.1. The zero-order valence-electron chi connectivity index (χ0n) is 12.9. The van der Waals surface area contributed by atoms with Gasteiger partial charge in [0.25, 0.3) is 0 Å². The Balaban J connectivity index is 2.33. The van der Waals surface area contributed by atoms with Gasteiger partial charge in [0.1, 0.15) is 5.60 Å². The Labute approximate surface area is 126 Å². The number of anilines is 1. The summed E-state index contributed by atoms with van der Waals surface area (Å²) in [5.41, 5.74) is 3.33. The smallest absolute Gasteiger partial charge is 0.412 e. The van der Waals surface area contributed by atoms with E-state index in [0.717, 1.165) is 22.4 Å². The summed E-state index contributed by atoms with van der Waals surface area (Å²) < 4.78 is 5.34. The molecule has 3 nitrogen and oxygen atoms in total. The maximum atomic E-state index is 12.0. The van der Waals surface area contributed by atoms with Crippen LogP contribution in [0.15, 0.2) is 48.5 Å². The summed E-state index contributed by atoms with van der Waals surface area (Å²) >= 11 is 0. The van der Waals surface area contributed by atoms with Gasteiger partial charge in [-0.1, -0.05) is 48.5 Å². The van der Waals surface area contributed by atoms with Gasteiger partial charge in [-0.05, 0) is 38.8 Å². The minimum absolute atomic E-state index is 0.436. The van der Waals surface area contributed by atoms with E-state index < -0.39 is 11.7 Å². The number of carbonyl (C=O) groups is 1. The number of aryl methyl sites for hydroxylation is 1. The second-order valence-electron chi connectivity index (χ2n) is 5.99. The molecule has 0 saturated heterocycles. The molecule has 2 aromatic carbocycles. The van der Waals surface area contributed by atoms with Crippen molar-refractivity contribution in [2.24, 2.45) is 0 Å². The highest BCUT2D eigenvalue weighted by molar-refractivity contribution is 5.93. The first-order valence-corrected chi connectivity index (χ1v) is 7.02. The van der Waals surface area contributed by atoms with E-state index in [4.69, 9.17) is 4.74 Å². The third-order valence-corrected chi connectivity index (χ3v) is 2.98. The molecule has 0 aliphatic carbocycles. The minimum Gasteiger partial charge on any atom is -0.444 e. The van der Waals surface area contributed by atoms with Crippen LogP contribution >= 0.6 is 0 Å². The van der Waals surface area contributed by atoms with E-state index in [1.807, 2.05) is 76.2 Å². The number of benzene rings is 2. The highest BCUT2D eigenvalue weighted by atomic mass is 16.6. The zero-order valence-corrected chi connectivity index (χ0v) is 12.9. The van der Waals surface area contributed by atoms with Crippen LogP contribution in [0.1, 0.15) is 26.3 Å². The predicted molar refractivity (Wildman–Crippen MR) is 86.5 cm³/mol. The quantitative estimate of drug-likeness (QED) is 0.841. The second-order valence-corrected chi connectivity index (χ2v) is 5.99. The number of ether oxygens (including phenoxy) is 1. The average molecular weight is 283 g/mol. The van der Waals surface area contributed by atoms with E-state index >= 15 is 0 Å². The maximum Gasteiger partial charge on any atom is 0.412 e. The van der Waals surface area contributed by atoms with Gasteiger partial charge in [-0.3, -0.25) is 5.32 Å². The van der Waals surface area contributed by atoms with E-state index in [1.54, 1.807) is 0 Å². The molecule has 0 aliphatic heterocycles. The van der Waals surface area contributed by atoms with E-state index in [1.165, 1.54) is 0 Å². The van der Waals surface area contributed by atoms with Crippen LogP contribution in [-0.2, 0) is 4.74 Å². The fourth-order valence-corrected chi connectivity index (χ4v) is 2.10. The van der Waals surface area contributed by atoms with E-state index in [0.29, 0.717) is 0 Å². The molecular formula is C18H21NO2. The fraction of sp³-hybridized carbons (Fsp3) is 0.278. The van der Waals surface area contributed by atoms with Crippen molar-refractivity contribution in [1.82, 2.24) is 0 Å². The standard InChI is InChI=1S/C18H21NO2/c1-13-9-8-12-15(14-10-6-5-7-11-14)16(13)19-17(20)21-18(2,3)4/h5-12H,1-4H3,(H,19,20). The zero-order chi connectivity index (χ0) is 15.5. The summed E-state index contributed by atoms with van der Waals surface area (Å²) in [7, 11) is 0. The van der Waals surface area contributed by atoms with Gasteiger partial charge in [-0.15, -0.1) is 0 Å². The number of para-hydroxylation sites is 1. The lowest BCUT2D eigenvalue weighted by Crippen LogP contribution is -2.27. The molecule has 0 aliphatic rings. The average Bonchev–Trinajstić information content (AvgIpc) is 2.40. The van der Waals surface area contributed by atoms with Crippen molar-refractivity contribution >= 4 is 11.8 Å². The van der Waals surface area contributed by atoms with Gasteiger partial charge in [0.15, 0.2) is 0 Å². The Morgan fingerprint density at radius 2 is 1.67 bits per heavy atom. The highest BCUT2D eigenvalue weighted by Crippen LogP contribution is 2.31. The van der Waals surface area contributed by atoms with Gasteiger partial charge in [-0.2, -0.15) is 0 Å². The van der Waals surface area contributed by atoms with Gasteiger partial charge < -0.3 is 4.74 Å². The monoisotopic (exact) mass is 283 g/mol. The molecule has 1 N–H and O–H groups in total. The van der Waals surface area contributed by atoms with Crippen LogP contribution in [0.25, 0.3) is 11.1 Å². The number of carbonyl (C=O) groups excluding carboxylic acids is 1. The number of amides is 1. The van der Waals surface area contributed by atoms with Crippen LogP contribution in [0.5, 0.6) is 0 Å². The van der Waals surface area contributed by atoms with Crippen LogP contribution in [0.3, 0.4) is 0 Å². The molecule has 110 valence electrons. The van der Waals surface area contributed by atoms with E-state index in [2.05, 4.69) is 5.32 Å². The highest BCUT2D eigenvalue weighted by Gasteiger charge is 2.18. The Morgan fingerprint density at radius 1 is 1.00 bits per heavy atom. The number of hydrogen-bond donors (Lipinski definition) is 1. The largest absolute Gasteiger partial charge is 0.444 e. The van der Waals surface area contributed by atoms with Crippen molar-refractivity contribution in [2.45, 2.75) is 33.3 Å². The molecule has 2 rings (SSSR count). The minimum atomic E-state index is -0.514. The molecule has 0 fully saturated rings. The number of rotatable bonds is 2. The molecule has 0 saturated carbocycles. The van der Waals surface area contributed by atoms with Gasteiger partial charge in [-0.25, -0.2) is 4.79 Å². The third-order valence-electron chi connectivity index (χ3n) is 2.98. The van der Waals surface area contributed by atoms with Gasteiger partial charge in [0.05, 0.1) is 5.69 Å². The molecule has 0 bridgehead atoms. The normalized spacial score (nSPS) is 11.0. The predicted octanol–water partition coefficient (Wildman–Crippen LogP) is 5.01. The molecular weight excluding hydrogens is 262 g/mol. The van der Waals surface area contributed by atoms with Crippen molar-refractivity contribution in [3.05, 3.63) is 54.1 Å². The lowest BCUT2D eigenvalue weighted by atomic mass is 10.0. The van der Waals surface area contributed by atoms with E-state index in [9.17, 15) is 4.79 Å². The van der Waals surface area contributed by atoms with Crippen molar-refractivity contribution in [3.8, 4) is 11.1 Å². The third kappa shape index (κ3) is 4.09. The molecule has 0 unspecified atom stereocenters. The first-order chi connectivity index (χ1) is 9.87. The van der Waals surface area contributed by atoms with Crippen LogP contribution in [0.2, 0.25) is 0 Å². The summed E-state index contributed by atoms with van der Waals surface area (Å²) in [6, 6.07) is 15.9. The summed E-state index contributed by atoms with van der Waals surface area (Å²) in [6.45, 7) is 7.52. The van der Waals surface area contributed by atoms with Crippen LogP contribution < -0.4 is 5.32 Å². The van der Waals surface area contributed by atoms with Crippen molar-refractivity contribution in [1.29, 1.82) is 0 Å².